The number of rotatable bonds is 11. The van der Waals surface area contributed by atoms with Crippen molar-refractivity contribution in [2.45, 2.75) is 114 Å². The number of nitrogens with zero attached hydrogens (tertiary/aromatic N) is 1. The van der Waals surface area contributed by atoms with Crippen LogP contribution in [0.15, 0.2) is 84.8 Å². The molecule has 275 valence electrons. The van der Waals surface area contributed by atoms with Crippen molar-refractivity contribution in [1.29, 1.82) is 0 Å². The Kier molecular flexibility index (Phi) is 14.6. The first kappa shape index (κ1) is 42.3. The number of fused-ring (bicyclic) bond motifs is 2. The maximum Gasteiger partial charge on any atom is 0.164 e. The summed E-state index contributed by atoms with van der Waals surface area (Å²) in [5.74, 6) is 0.952. The number of hydrogen-bond donors (Lipinski definition) is 1. The van der Waals surface area contributed by atoms with Gasteiger partial charge in [-0.05, 0) is 78.1 Å². The minimum atomic E-state index is -0.337. The van der Waals surface area contributed by atoms with E-state index >= 15 is 0 Å². The topological polar surface area (TPSA) is 50.2 Å². The van der Waals surface area contributed by atoms with E-state index in [9.17, 15) is 9.90 Å². The van der Waals surface area contributed by atoms with Gasteiger partial charge in [0.15, 0.2) is 5.78 Å². The van der Waals surface area contributed by atoms with Gasteiger partial charge in [0.25, 0.3) is 0 Å². The van der Waals surface area contributed by atoms with Gasteiger partial charge >= 0.3 is 0 Å². The van der Waals surface area contributed by atoms with Crippen LogP contribution in [0.4, 0.5) is 0 Å². The summed E-state index contributed by atoms with van der Waals surface area (Å²) in [5, 5.41) is 13.9. The van der Waals surface area contributed by atoms with E-state index < -0.39 is 0 Å². The van der Waals surface area contributed by atoms with E-state index in [-0.39, 0.29) is 47.9 Å². The zero-order valence-electron chi connectivity index (χ0n) is 32.7. The number of ketones is 1. The maximum atomic E-state index is 12.2. The van der Waals surface area contributed by atoms with E-state index in [2.05, 4.69) is 107 Å². The van der Waals surface area contributed by atoms with E-state index in [1.807, 2.05) is 59.1 Å². The van der Waals surface area contributed by atoms with Crippen LogP contribution in [0.25, 0.3) is 42.6 Å². The number of carbonyl (C=O) groups is 1. The maximum absolute atomic E-state index is 12.2. The summed E-state index contributed by atoms with van der Waals surface area (Å²) in [4.78, 5) is 18.2. The molecule has 3 nitrogen and oxygen atoms in total. The molecule has 1 N–H and O–H groups in total. The average Bonchev–Trinajstić information content (AvgIpc) is 3.53. The second-order valence-electron chi connectivity index (χ2n) is 15.8. The molecule has 5 rings (SSSR count). The molecule has 0 saturated heterocycles. The largest absolute Gasteiger partial charge is 0.512 e. The van der Waals surface area contributed by atoms with Crippen LogP contribution in [0.3, 0.4) is 0 Å². The Morgan fingerprint density at radius 1 is 0.863 bits per heavy atom. The molecule has 3 aromatic carbocycles. The monoisotopic (exact) mass is 881 g/mol. The Bertz CT molecular complexity index is 1950. The summed E-state index contributed by atoms with van der Waals surface area (Å²) in [6.07, 6.45) is 7.80. The van der Waals surface area contributed by atoms with Crippen LogP contribution in [-0.4, -0.2) is 15.9 Å². The third-order valence-electron chi connectivity index (χ3n) is 10.7. The number of aliphatic hydroxyl groups is 1. The quantitative estimate of drug-likeness (QED) is 0.0817. The fourth-order valence-electron chi connectivity index (χ4n) is 6.24. The Labute approximate surface area is 325 Å². The van der Waals surface area contributed by atoms with Crippen LogP contribution in [0.5, 0.6) is 0 Å². The van der Waals surface area contributed by atoms with Gasteiger partial charge in [0, 0.05) is 58.5 Å². The van der Waals surface area contributed by atoms with Crippen molar-refractivity contribution < 1.29 is 30.0 Å². The Hall–Kier alpha value is -3.11. The average molecular weight is 881 g/mol. The fourth-order valence-corrected chi connectivity index (χ4v) is 7.28. The molecule has 0 fully saturated rings. The third-order valence-corrected chi connectivity index (χ3v) is 11.9. The number of pyridine rings is 1. The molecule has 0 aliphatic carbocycles. The van der Waals surface area contributed by atoms with Gasteiger partial charge in [0.2, 0.25) is 0 Å². The van der Waals surface area contributed by atoms with Crippen molar-refractivity contribution >= 4 is 38.0 Å². The molecule has 2 aromatic heterocycles. The van der Waals surface area contributed by atoms with E-state index in [0.29, 0.717) is 5.92 Å². The van der Waals surface area contributed by atoms with Gasteiger partial charge in [-0.15, -0.1) is 40.5 Å². The van der Waals surface area contributed by atoms with Crippen molar-refractivity contribution in [2.75, 3.05) is 0 Å². The standard InChI is InChI=1S/C31H30NS.C15H28O2.Ir/c1-20(2)14-21-10-11-29-25(15-21)19-30(33-29)23-12-13-32-28(18-23)24-16-22-8-6-7-9-26(22)27(17-24)31(3,4)5;1-7-14(5,8-2)12(16)11-13(17)15(6,9-3)10-4;/h6-13,15,17-20H,14H2,1-5H3;11,16H,7-10H2,1-6H3;/q-1;;/b;12-11-;. The van der Waals surface area contributed by atoms with Gasteiger partial charge in [-0.1, -0.05) is 124 Å². The molecule has 0 aliphatic rings. The van der Waals surface area contributed by atoms with E-state index in [4.69, 9.17) is 4.98 Å². The first-order chi connectivity index (χ1) is 23.6. The van der Waals surface area contributed by atoms with Gasteiger partial charge in [-0.3, -0.25) is 9.78 Å². The van der Waals surface area contributed by atoms with Gasteiger partial charge in [-0.25, -0.2) is 0 Å². The molecule has 0 atom stereocenters. The molecule has 5 heteroatoms. The number of benzene rings is 3. The number of aliphatic hydroxyl groups excluding tert-OH is 1. The SMILES string of the molecule is CC(C)Cc1ccc2sc(-c3ccnc(-c4[c-]c5ccccc5c(C(C)(C)C)c4)c3)cc2c1.CCC(C)(CC)C(=O)/C=C(\O)C(C)(CC)CC.[Ir]. The van der Waals surface area contributed by atoms with Crippen molar-refractivity contribution in [3.05, 3.63) is 102 Å². The number of carbonyl (C=O) groups excluding carboxylic acids is 1. The predicted molar refractivity (Wildman–Crippen MR) is 217 cm³/mol. The first-order valence-electron chi connectivity index (χ1n) is 18.5. The fraction of sp³-hybridized carbons (Fsp3) is 0.435. The molecule has 1 radical (unpaired) electrons. The zero-order valence-corrected chi connectivity index (χ0v) is 35.9. The number of allylic oxidation sites excluding steroid dienone is 2. The molecule has 0 unspecified atom stereocenters. The molecule has 0 amide bonds. The smallest absolute Gasteiger partial charge is 0.164 e. The molecular weight excluding hydrogens is 823 g/mol. The van der Waals surface area contributed by atoms with Gasteiger partial charge in [0.05, 0.1) is 0 Å². The van der Waals surface area contributed by atoms with Crippen LogP contribution in [0, 0.1) is 22.8 Å². The van der Waals surface area contributed by atoms with Crippen LogP contribution in [-0.2, 0) is 36.7 Å². The summed E-state index contributed by atoms with van der Waals surface area (Å²) < 4.78 is 1.34. The van der Waals surface area contributed by atoms with E-state index in [1.165, 1.54) is 43.1 Å². The number of hydrogen-bond acceptors (Lipinski definition) is 4. The van der Waals surface area contributed by atoms with Gasteiger partial charge in [-0.2, -0.15) is 0 Å². The minimum absolute atomic E-state index is 0. The summed E-state index contributed by atoms with van der Waals surface area (Å²) in [6.45, 7) is 23.4. The number of thiophene rings is 1. The Morgan fingerprint density at radius 3 is 2.12 bits per heavy atom. The van der Waals surface area contributed by atoms with Crippen LogP contribution >= 0.6 is 11.3 Å². The Balaban J connectivity index is 0.000000335. The summed E-state index contributed by atoms with van der Waals surface area (Å²) in [6, 6.07) is 28.0. The first-order valence-corrected chi connectivity index (χ1v) is 19.3. The number of aromatic nitrogens is 1. The van der Waals surface area contributed by atoms with Crippen molar-refractivity contribution in [1.82, 2.24) is 4.98 Å². The molecule has 0 saturated carbocycles. The summed E-state index contributed by atoms with van der Waals surface area (Å²) in [7, 11) is 0. The van der Waals surface area contributed by atoms with Gasteiger partial charge in [0.1, 0.15) is 5.76 Å². The van der Waals surface area contributed by atoms with Crippen molar-refractivity contribution in [3.63, 3.8) is 0 Å². The third kappa shape index (κ3) is 10.1. The molecule has 51 heavy (non-hydrogen) atoms. The molecule has 2 heterocycles. The molecule has 5 aromatic rings. The predicted octanol–water partition coefficient (Wildman–Crippen LogP) is 13.7. The van der Waals surface area contributed by atoms with Crippen LogP contribution in [0.1, 0.15) is 113 Å². The zero-order chi connectivity index (χ0) is 36.9. The molecule has 0 aliphatic heterocycles. The van der Waals surface area contributed by atoms with Gasteiger partial charge < -0.3 is 5.11 Å². The van der Waals surface area contributed by atoms with E-state index in [1.54, 1.807) is 0 Å². The normalized spacial score (nSPS) is 12.5. The van der Waals surface area contributed by atoms with Crippen LogP contribution < -0.4 is 0 Å². The van der Waals surface area contributed by atoms with Crippen molar-refractivity contribution in [2.24, 2.45) is 16.7 Å². The second-order valence-corrected chi connectivity index (χ2v) is 16.9. The minimum Gasteiger partial charge on any atom is -0.512 e. The second kappa shape index (κ2) is 17.6. The molecule has 0 spiro atoms. The Morgan fingerprint density at radius 2 is 1.51 bits per heavy atom. The van der Waals surface area contributed by atoms with E-state index in [0.717, 1.165) is 48.7 Å². The van der Waals surface area contributed by atoms with Crippen molar-refractivity contribution in [3.8, 4) is 21.7 Å². The van der Waals surface area contributed by atoms with Crippen LogP contribution in [0.2, 0.25) is 0 Å². The molecular formula is C46H58IrNO2S-. The summed E-state index contributed by atoms with van der Waals surface area (Å²) in [5.41, 5.74) is 5.43. The molecule has 0 bridgehead atoms. The summed E-state index contributed by atoms with van der Waals surface area (Å²) >= 11 is 1.85.